The molecule has 1 amide bonds. The summed E-state index contributed by atoms with van der Waals surface area (Å²) < 4.78 is 1.68. The first kappa shape index (κ1) is 14.0. The number of carbonyl (C=O) groups excluding carboxylic acids is 1. The second-order valence-corrected chi connectivity index (χ2v) is 5.72. The largest absolute Gasteiger partial charge is 0.338 e. The summed E-state index contributed by atoms with van der Waals surface area (Å²) >= 11 is 5.98. The van der Waals surface area contributed by atoms with E-state index in [1.54, 1.807) is 17.2 Å². The van der Waals surface area contributed by atoms with Gasteiger partial charge in [-0.15, -0.1) is 0 Å². The molecule has 0 radical (unpaired) electrons. The number of carbonyl (C=O) groups is 1. The lowest BCUT2D eigenvalue weighted by Gasteiger charge is -2.30. The minimum absolute atomic E-state index is 0.121. The molecule has 0 aliphatic carbocycles. The number of rotatable bonds is 3. The molecule has 3 rings (SSSR count). The molecule has 3 heterocycles. The van der Waals surface area contributed by atoms with E-state index in [1.807, 2.05) is 17.9 Å². The van der Waals surface area contributed by atoms with Crippen molar-refractivity contribution in [2.24, 2.45) is 5.92 Å². The molecule has 1 aliphatic rings. The first-order valence-corrected chi connectivity index (χ1v) is 7.26. The number of amides is 1. The quantitative estimate of drug-likeness (QED) is 0.863. The zero-order valence-corrected chi connectivity index (χ0v) is 12.5. The molecule has 2 aromatic heterocycles. The van der Waals surface area contributed by atoms with Gasteiger partial charge in [0.25, 0.3) is 0 Å². The van der Waals surface area contributed by atoms with Crippen LogP contribution in [0.3, 0.4) is 0 Å². The predicted molar refractivity (Wildman–Crippen MR) is 77.6 cm³/mol. The Morgan fingerprint density at radius 1 is 1.52 bits per heavy atom. The van der Waals surface area contributed by atoms with Crippen molar-refractivity contribution in [2.75, 3.05) is 6.54 Å². The second kappa shape index (κ2) is 5.81. The van der Waals surface area contributed by atoms with Crippen molar-refractivity contribution in [3.05, 3.63) is 41.2 Å². The second-order valence-electron chi connectivity index (χ2n) is 5.29. The number of nitrogens with zero attached hydrogens (tertiary/aromatic N) is 5. The zero-order chi connectivity index (χ0) is 14.8. The molecule has 0 saturated heterocycles. The van der Waals surface area contributed by atoms with Crippen LogP contribution in [0.1, 0.15) is 18.2 Å². The maximum Gasteiger partial charge on any atom is 0.227 e. The van der Waals surface area contributed by atoms with Gasteiger partial charge in [-0.05, 0) is 11.6 Å². The summed E-state index contributed by atoms with van der Waals surface area (Å²) in [7, 11) is 0. The number of fused-ring (bicyclic) bond motifs is 1. The molecular weight excluding hydrogens is 290 g/mol. The summed E-state index contributed by atoms with van der Waals surface area (Å²) in [6, 6.07) is 1.89. The van der Waals surface area contributed by atoms with Gasteiger partial charge in [-0.1, -0.05) is 18.5 Å². The first-order valence-electron chi connectivity index (χ1n) is 6.88. The average molecular weight is 306 g/mol. The molecule has 0 fully saturated rings. The molecule has 2 aromatic rings. The van der Waals surface area contributed by atoms with E-state index in [4.69, 9.17) is 11.6 Å². The number of halogens is 1. The summed E-state index contributed by atoms with van der Waals surface area (Å²) in [5.41, 5.74) is 2.07. The molecule has 1 atom stereocenters. The standard InChI is InChI=1S/C14H16ClN5O/c1-10(6-20-9-16-8-18-20)14(21)19-3-2-13-11(7-19)4-12(15)5-17-13/h4-5,8-10H,2-3,6-7H2,1H3. The molecule has 0 bridgehead atoms. The van der Waals surface area contributed by atoms with Gasteiger partial charge < -0.3 is 4.90 Å². The van der Waals surface area contributed by atoms with Crippen LogP contribution >= 0.6 is 11.6 Å². The molecule has 6 nitrogen and oxygen atoms in total. The van der Waals surface area contributed by atoms with E-state index in [0.717, 1.165) is 17.7 Å². The topological polar surface area (TPSA) is 63.9 Å². The van der Waals surface area contributed by atoms with Crippen molar-refractivity contribution in [1.82, 2.24) is 24.6 Å². The van der Waals surface area contributed by atoms with Crippen molar-refractivity contribution < 1.29 is 4.79 Å². The smallest absolute Gasteiger partial charge is 0.227 e. The molecule has 0 saturated carbocycles. The van der Waals surface area contributed by atoms with E-state index in [9.17, 15) is 4.79 Å². The SMILES string of the molecule is CC(Cn1cncn1)C(=O)N1CCc2ncc(Cl)cc2C1. The lowest BCUT2D eigenvalue weighted by Crippen LogP contribution is -2.40. The summed E-state index contributed by atoms with van der Waals surface area (Å²) in [6.07, 6.45) is 5.53. The van der Waals surface area contributed by atoms with Crippen LogP contribution in [0, 0.1) is 5.92 Å². The van der Waals surface area contributed by atoms with Crippen LogP contribution in [0.25, 0.3) is 0 Å². The van der Waals surface area contributed by atoms with Crippen molar-refractivity contribution in [3.8, 4) is 0 Å². The van der Waals surface area contributed by atoms with E-state index in [1.165, 1.54) is 6.33 Å². The number of pyridine rings is 1. The molecule has 0 aromatic carbocycles. The predicted octanol–water partition coefficient (Wildman–Crippen LogP) is 1.55. The van der Waals surface area contributed by atoms with Gasteiger partial charge >= 0.3 is 0 Å². The van der Waals surface area contributed by atoms with Gasteiger partial charge in [-0.25, -0.2) is 4.98 Å². The Morgan fingerprint density at radius 2 is 2.38 bits per heavy atom. The van der Waals surface area contributed by atoms with Crippen molar-refractivity contribution in [3.63, 3.8) is 0 Å². The normalized spacial score (nSPS) is 15.6. The Balaban J connectivity index is 1.68. The Hall–Kier alpha value is -1.95. The Labute approximate surface area is 127 Å². The average Bonchev–Trinajstić information content (AvgIpc) is 2.98. The first-order chi connectivity index (χ1) is 10.1. The molecule has 0 N–H and O–H groups in total. The van der Waals surface area contributed by atoms with Gasteiger partial charge in [0.1, 0.15) is 12.7 Å². The van der Waals surface area contributed by atoms with E-state index in [2.05, 4.69) is 15.1 Å². The molecule has 1 unspecified atom stereocenters. The number of hydrogen-bond acceptors (Lipinski definition) is 4. The van der Waals surface area contributed by atoms with Gasteiger partial charge in [0.05, 0.1) is 17.5 Å². The third kappa shape index (κ3) is 3.05. The minimum Gasteiger partial charge on any atom is -0.338 e. The fourth-order valence-corrected chi connectivity index (χ4v) is 2.76. The van der Waals surface area contributed by atoms with E-state index in [-0.39, 0.29) is 11.8 Å². The van der Waals surface area contributed by atoms with Crippen molar-refractivity contribution in [2.45, 2.75) is 26.4 Å². The van der Waals surface area contributed by atoms with Gasteiger partial charge in [0.15, 0.2) is 0 Å². The van der Waals surface area contributed by atoms with Crippen molar-refractivity contribution in [1.29, 1.82) is 0 Å². The molecule has 7 heteroatoms. The molecule has 21 heavy (non-hydrogen) atoms. The number of hydrogen-bond donors (Lipinski definition) is 0. The highest BCUT2D eigenvalue weighted by atomic mass is 35.5. The summed E-state index contributed by atoms with van der Waals surface area (Å²) in [6.45, 7) is 3.72. The minimum atomic E-state index is -0.139. The highest BCUT2D eigenvalue weighted by molar-refractivity contribution is 6.30. The molecule has 110 valence electrons. The van der Waals surface area contributed by atoms with Crippen LogP contribution in [0.4, 0.5) is 0 Å². The van der Waals surface area contributed by atoms with Crippen LogP contribution in [0.5, 0.6) is 0 Å². The van der Waals surface area contributed by atoms with E-state index >= 15 is 0 Å². The fraction of sp³-hybridized carbons (Fsp3) is 0.429. The van der Waals surface area contributed by atoms with Gasteiger partial charge in [0.2, 0.25) is 5.91 Å². The fourth-order valence-electron chi connectivity index (χ4n) is 2.58. The maximum atomic E-state index is 12.5. The molecular formula is C14H16ClN5O. The van der Waals surface area contributed by atoms with Crippen LogP contribution in [0.15, 0.2) is 24.9 Å². The van der Waals surface area contributed by atoms with Gasteiger partial charge in [-0.2, -0.15) is 5.10 Å². The van der Waals surface area contributed by atoms with Crippen LogP contribution in [-0.4, -0.2) is 37.1 Å². The van der Waals surface area contributed by atoms with Crippen LogP contribution < -0.4 is 0 Å². The summed E-state index contributed by atoms with van der Waals surface area (Å²) in [5.74, 6) is -0.0171. The molecule has 0 spiro atoms. The Kier molecular flexibility index (Phi) is 3.88. The van der Waals surface area contributed by atoms with Crippen LogP contribution in [0.2, 0.25) is 5.02 Å². The zero-order valence-electron chi connectivity index (χ0n) is 11.7. The Morgan fingerprint density at radius 3 is 3.14 bits per heavy atom. The summed E-state index contributed by atoms with van der Waals surface area (Å²) in [5, 5.41) is 4.65. The summed E-state index contributed by atoms with van der Waals surface area (Å²) in [4.78, 5) is 22.6. The monoisotopic (exact) mass is 305 g/mol. The van der Waals surface area contributed by atoms with Crippen LogP contribution in [-0.2, 0) is 24.3 Å². The van der Waals surface area contributed by atoms with Crippen molar-refractivity contribution >= 4 is 17.5 Å². The maximum absolute atomic E-state index is 12.5. The third-order valence-corrected chi connectivity index (χ3v) is 3.87. The van der Waals surface area contributed by atoms with Gasteiger partial charge in [-0.3, -0.25) is 14.5 Å². The number of aromatic nitrogens is 4. The highest BCUT2D eigenvalue weighted by Crippen LogP contribution is 2.21. The van der Waals surface area contributed by atoms with E-state index in [0.29, 0.717) is 24.7 Å². The Bertz CT molecular complexity index is 643. The highest BCUT2D eigenvalue weighted by Gasteiger charge is 2.25. The lowest BCUT2D eigenvalue weighted by atomic mass is 10.0. The lowest BCUT2D eigenvalue weighted by molar-refractivity contribution is -0.136. The third-order valence-electron chi connectivity index (χ3n) is 3.67. The van der Waals surface area contributed by atoms with Gasteiger partial charge in [0, 0.05) is 31.4 Å². The molecule has 1 aliphatic heterocycles. The van der Waals surface area contributed by atoms with E-state index < -0.39 is 0 Å².